The van der Waals surface area contributed by atoms with Crippen LogP contribution in [-0.2, 0) is 4.79 Å². The van der Waals surface area contributed by atoms with Crippen LogP contribution >= 0.6 is 0 Å². The first kappa shape index (κ1) is 29.3. The topological polar surface area (TPSA) is 55.2 Å². The first-order valence-electron chi connectivity index (χ1n) is 14.7. The van der Waals surface area contributed by atoms with Gasteiger partial charge in [-0.05, 0) is 79.5 Å². The van der Waals surface area contributed by atoms with Crippen LogP contribution in [0.25, 0.3) is 27.5 Å². The number of hydrogen-bond donors (Lipinski definition) is 0. The molecule has 1 aliphatic carbocycles. The van der Waals surface area contributed by atoms with Gasteiger partial charge in [0, 0.05) is 35.3 Å². The largest absolute Gasteiger partial charge is 0.310 e. The molecule has 40 heavy (non-hydrogen) atoms. The number of allylic oxidation sites excluding steroid dienone is 4. The van der Waals surface area contributed by atoms with Crippen LogP contribution in [0.4, 0.5) is 0 Å². The third-order valence-electron chi connectivity index (χ3n) is 8.04. The minimum atomic E-state index is -0.228. The Bertz CT molecular complexity index is 1510. The summed E-state index contributed by atoms with van der Waals surface area (Å²) in [7, 11) is 0. The van der Waals surface area contributed by atoms with Gasteiger partial charge in [-0.25, -0.2) is 0 Å². The second kappa shape index (κ2) is 13.1. The van der Waals surface area contributed by atoms with E-state index in [1.165, 1.54) is 50.2 Å². The lowest BCUT2D eigenvalue weighted by atomic mass is 9.82. The molecule has 0 atom stereocenters. The van der Waals surface area contributed by atoms with Crippen LogP contribution in [0.2, 0.25) is 0 Å². The van der Waals surface area contributed by atoms with Gasteiger partial charge in [0.2, 0.25) is 5.91 Å². The van der Waals surface area contributed by atoms with E-state index in [1.54, 1.807) is 15.5 Å². The van der Waals surface area contributed by atoms with Gasteiger partial charge in [-0.3, -0.25) is 19.1 Å². The second-order valence-corrected chi connectivity index (χ2v) is 11.5. The van der Waals surface area contributed by atoms with Crippen LogP contribution in [-0.4, -0.2) is 26.9 Å². The minimum absolute atomic E-state index is 0.143. The van der Waals surface area contributed by atoms with Crippen LogP contribution in [0.1, 0.15) is 77.7 Å². The number of hydrogen-bond acceptors (Lipinski definition) is 3. The molecule has 5 heteroatoms. The first-order chi connectivity index (χ1) is 19.2. The summed E-state index contributed by atoms with van der Waals surface area (Å²) in [4.78, 5) is 32.4. The Kier molecular flexibility index (Phi) is 9.57. The molecule has 0 radical (unpaired) electrons. The fraction of sp³-hybridized carbons (Fsp3) is 0.400. The van der Waals surface area contributed by atoms with Crippen molar-refractivity contribution in [1.29, 1.82) is 0 Å². The maximum atomic E-state index is 13.6. The number of aromatic nitrogens is 2. The average molecular weight is 538 g/mol. The number of carbonyl (C=O) groups excluding carboxylic acids is 1. The molecule has 1 aliphatic rings. The Morgan fingerprint density at radius 1 is 1.15 bits per heavy atom. The van der Waals surface area contributed by atoms with Gasteiger partial charge >= 0.3 is 0 Å². The third kappa shape index (κ3) is 6.52. The maximum Gasteiger partial charge on any atom is 0.255 e. The number of rotatable bonds is 8. The van der Waals surface area contributed by atoms with Gasteiger partial charge in [-0.2, -0.15) is 0 Å². The molecular formula is C35H43N3O2. The normalized spacial score (nSPS) is 18.7. The summed E-state index contributed by atoms with van der Waals surface area (Å²) in [6.07, 6.45) is 16.4. The molecule has 210 valence electrons. The summed E-state index contributed by atoms with van der Waals surface area (Å²) in [5.74, 6) is 1.36. The molecule has 5 nitrogen and oxygen atoms in total. The zero-order valence-electron chi connectivity index (χ0n) is 24.5. The number of amides is 1. The highest BCUT2D eigenvalue weighted by molar-refractivity contribution is 6.05. The summed E-state index contributed by atoms with van der Waals surface area (Å²) in [6.45, 7) is 16.7. The predicted octanol–water partition coefficient (Wildman–Crippen LogP) is 8.22. The summed E-state index contributed by atoms with van der Waals surface area (Å²) in [5.41, 5.74) is 4.02. The fourth-order valence-corrected chi connectivity index (χ4v) is 5.82. The molecule has 1 aromatic carbocycles. The third-order valence-corrected chi connectivity index (χ3v) is 8.04. The Morgan fingerprint density at radius 2 is 1.88 bits per heavy atom. The lowest BCUT2D eigenvalue weighted by Crippen LogP contribution is -2.27. The van der Waals surface area contributed by atoms with Gasteiger partial charge in [0.25, 0.3) is 5.56 Å². The smallest absolute Gasteiger partial charge is 0.255 e. The van der Waals surface area contributed by atoms with Gasteiger partial charge in [0.1, 0.15) is 0 Å². The fourth-order valence-electron chi connectivity index (χ4n) is 5.82. The van der Waals surface area contributed by atoms with E-state index in [1.807, 2.05) is 31.3 Å². The van der Waals surface area contributed by atoms with E-state index in [-0.39, 0.29) is 17.4 Å². The quantitative estimate of drug-likeness (QED) is 0.165. The summed E-state index contributed by atoms with van der Waals surface area (Å²) < 4.78 is 1.75. The highest BCUT2D eigenvalue weighted by atomic mass is 16.2. The molecule has 0 aliphatic heterocycles. The number of pyridine rings is 2. The zero-order valence-corrected chi connectivity index (χ0v) is 24.5. The van der Waals surface area contributed by atoms with Crippen molar-refractivity contribution in [2.24, 2.45) is 11.8 Å². The number of fused-ring (bicyclic) bond motifs is 3. The van der Waals surface area contributed by atoms with Crippen molar-refractivity contribution < 1.29 is 4.79 Å². The lowest BCUT2D eigenvalue weighted by Gasteiger charge is -2.23. The molecule has 0 N–H and O–H groups in total. The molecule has 4 rings (SSSR count). The number of benzene rings is 1. The van der Waals surface area contributed by atoms with Crippen molar-refractivity contribution in [3.8, 4) is 0 Å². The van der Waals surface area contributed by atoms with Gasteiger partial charge < -0.3 is 4.90 Å². The standard InChI is InChI=1S/C35H43N3O2/c1-7-33(39)37(8-2)26(6)21-30(18-15-24(3)4)38-34(40)20-17-29-23-36-32-19-16-28(22-31(32)35(29)38)27-13-9-11-25(5)12-10-14-27/h7,15-25,27H,1,6,8-14H2,2-5H3/b18-15-,30-21+. The predicted molar refractivity (Wildman–Crippen MR) is 168 cm³/mol. The van der Waals surface area contributed by atoms with E-state index >= 15 is 0 Å². The highest BCUT2D eigenvalue weighted by Gasteiger charge is 2.19. The maximum absolute atomic E-state index is 13.6. The first-order valence-corrected chi connectivity index (χ1v) is 14.7. The highest BCUT2D eigenvalue weighted by Crippen LogP contribution is 2.35. The number of carbonyl (C=O) groups is 1. The van der Waals surface area contributed by atoms with Crippen molar-refractivity contribution >= 4 is 33.4 Å². The molecule has 0 spiro atoms. The monoisotopic (exact) mass is 537 g/mol. The molecule has 1 fully saturated rings. The van der Waals surface area contributed by atoms with Crippen LogP contribution in [0.5, 0.6) is 0 Å². The Labute approximate surface area is 238 Å². The molecule has 3 aromatic rings. The number of nitrogens with zero attached hydrogens (tertiary/aromatic N) is 3. The van der Waals surface area contributed by atoms with Gasteiger partial charge in [-0.15, -0.1) is 0 Å². The van der Waals surface area contributed by atoms with E-state index in [2.05, 4.69) is 58.2 Å². The molecule has 2 heterocycles. The van der Waals surface area contributed by atoms with E-state index in [9.17, 15) is 9.59 Å². The van der Waals surface area contributed by atoms with Crippen molar-refractivity contribution in [1.82, 2.24) is 14.5 Å². The molecule has 1 saturated carbocycles. The van der Waals surface area contributed by atoms with E-state index in [0.717, 1.165) is 27.7 Å². The van der Waals surface area contributed by atoms with E-state index in [4.69, 9.17) is 4.98 Å². The van der Waals surface area contributed by atoms with Crippen molar-refractivity contribution in [3.05, 3.63) is 95.6 Å². The van der Waals surface area contributed by atoms with Crippen LogP contribution in [0.3, 0.4) is 0 Å². The second-order valence-electron chi connectivity index (χ2n) is 11.5. The number of likely N-dealkylation sites (N-methyl/N-ethyl adjacent to an activating group) is 1. The molecule has 1 amide bonds. The molecule has 0 unspecified atom stereocenters. The van der Waals surface area contributed by atoms with Gasteiger partial charge in [0.15, 0.2) is 0 Å². The zero-order chi connectivity index (χ0) is 28.8. The Hall–Kier alpha value is -3.73. The summed E-state index contributed by atoms with van der Waals surface area (Å²) in [6, 6.07) is 10.0. The lowest BCUT2D eigenvalue weighted by molar-refractivity contribution is -0.123. The van der Waals surface area contributed by atoms with Crippen molar-refractivity contribution in [2.75, 3.05) is 6.54 Å². The average Bonchev–Trinajstić information content (AvgIpc) is 2.92. The van der Waals surface area contributed by atoms with E-state index in [0.29, 0.717) is 23.9 Å². The van der Waals surface area contributed by atoms with Crippen LogP contribution in [0.15, 0.2) is 84.5 Å². The molecule has 0 saturated heterocycles. The summed E-state index contributed by atoms with van der Waals surface area (Å²) in [5, 5.41) is 1.85. The minimum Gasteiger partial charge on any atom is -0.310 e. The van der Waals surface area contributed by atoms with Gasteiger partial charge in [-0.1, -0.05) is 71.8 Å². The van der Waals surface area contributed by atoms with Crippen molar-refractivity contribution in [3.63, 3.8) is 0 Å². The van der Waals surface area contributed by atoms with E-state index < -0.39 is 0 Å². The van der Waals surface area contributed by atoms with Crippen LogP contribution in [0, 0.1) is 11.8 Å². The molecule has 0 bridgehead atoms. The SMILES string of the molecule is C=CC(=O)N(CC)C(=C)/C=C(\C=C/C(C)C)n1c(=O)ccc2cnc3ccc(C4CCCC(C)CCC4)cc3c21. The summed E-state index contributed by atoms with van der Waals surface area (Å²) >= 11 is 0. The van der Waals surface area contributed by atoms with Gasteiger partial charge in [0.05, 0.1) is 16.7 Å². The van der Waals surface area contributed by atoms with Crippen molar-refractivity contribution in [2.45, 2.75) is 72.1 Å². The van der Waals surface area contributed by atoms with Crippen LogP contribution < -0.4 is 5.56 Å². The molecule has 2 aromatic heterocycles. The molecular weight excluding hydrogens is 494 g/mol. The Morgan fingerprint density at radius 3 is 2.52 bits per heavy atom. The Balaban J connectivity index is 1.94.